The number of hydrogen-bond acceptors (Lipinski definition) is 13. The Hall–Kier alpha value is -5.63. The van der Waals surface area contributed by atoms with Crippen LogP contribution in [0.4, 0.5) is 17.6 Å². The van der Waals surface area contributed by atoms with E-state index in [1.807, 2.05) is 60.0 Å². The van der Waals surface area contributed by atoms with E-state index in [1.165, 1.54) is 36.4 Å². The third-order valence-electron chi connectivity index (χ3n) is 13.8. The van der Waals surface area contributed by atoms with E-state index in [9.17, 15) is 17.6 Å². The van der Waals surface area contributed by atoms with Crippen LogP contribution < -0.4 is 0 Å². The van der Waals surface area contributed by atoms with Crippen LogP contribution >= 0.6 is 22.7 Å². The van der Waals surface area contributed by atoms with Crippen molar-refractivity contribution in [1.29, 1.82) is 0 Å². The van der Waals surface area contributed by atoms with Gasteiger partial charge in [-0.3, -0.25) is 24.0 Å². The summed E-state index contributed by atoms with van der Waals surface area (Å²) in [4.78, 5) is 41.1. The molecule has 0 aliphatic carbocycles. The Balaban J connectivity index is 0.833. The van der Waals surface area contributed by atoms with E-state index < -0.39 is 47.6 Å². The number of carbonyl (C=O) groups is 1. The summed E-state index contributed by atoms with van der Waals surface area (Å²) in [7, 11) is 0. The molecule has 68 heavy (non-hydrogen) atoms. The van der Waals surface area contributed by atoms with Gasteiger partial charge in [-0.2, -0.15) is 10.2 Å². The lowest BCUT2D eigenvalue weighted by molar-refractivity contribution is -0.132. The first-order valence-electron chi connectivity index (χ1n) is 23.2. The Morgan fingerprint density at radius 1 is 0.632 bits per heavy atom. The molecule has 0 N–H and O–H groups in total. The van der Waals surface area contributed by atoms with E-state index in [4.69, 9.17) is 29.8 Å². The third-order valence-corrected chi connectivity index (χ3v) is 15.8. The first kappa shape index (κ1) is 46.1. The molecule has 0 radical (unpaired) electrons. The fourth-order valence-corrected chi connectivity index (χ4v) is 12.2. The maximum absolute atomic E-state index is 15.5. The van der Waals surface area contributed by atoms with E-state index in [2.05, 4.69) is 20.1 Å². The van der Waals surface area contributed by atoms with Crippen molar-refractivity contribution in [2.45, 2.75) is 115 Å². The predicted molar refractivity (Wildman–Crippen MR) is 250 cm³/mol. The van der Waals surface area contributed by atoms with Crippen molar-refractivity contribution in [2.24, 2.45) is 10.3 Å². The molecule has 2 aromatic carbocycles. The maximum atomic E-state index is 15.5. The monoisotopic (exact) mass is 968 g/mol. The number of aryl methyl sites for hydroxylation is 4. The molecule has 2 unspecified atom stereocenters. The van der Waals surface area contributed by atoms with Crippen molar-refractivity contribution in [3.63, 3.8) is 0 Å². The third kappa shape index (κ3) is 9.41. The number of halogens is 4. The van der Waals surface area contributed by atoms with Crippen molar-refractivity contribution < 1.29 is 32.0 Å². The lowest BCUT2D eigenvalue weighted by atomic mass is 9.91. The van der Waals surface area contributed by atoms with Gasteiger partial charge in [-0.1, -0.05) is 22.4 Å². The van der Waals surface area contributed by atoms with Gasteiger partial charge in [0.1, 0.15) is 34.7 Å². The van der Waals surface area contributed by atoms with Crippen molar-refractivity contribution in [3.05, 3.63) is 138 Å². The SMILES string of the molecule is Cc1cc(C)n(CC(C(=O)C(Cn2nc(C)cc2C)N2CCC(c3nc(C4=NO[C@@H](c5c(F)cccc5F)C4)cs3)CC2)N2CCC(c3nc(C4=NO[C@@H](c5c(F)cccc5F)C4)cs3)CC2)n1. The molecule has 0 bridgehead atoms. The minimum Gasteiger partial charge on any atom is -0.387 e. The number of aromatic nitrogens is 6. The number of thiazole rings is 2. The minimum atomic E-state index is -0.855. The van der Waals surface area contributed by atoms with Crippen LogP contribution in [0.15, 0.2) is 69.6 Å². The summed E-state index contributed by atoms with van der Waals surface area (Å²) in [6, 6.07) is 10.7. The number of rotatable bonds is 14. The summed E-state index contributed by atoms with van der Waals surface area (Å²) in [5.74, 6) is -2.19. The van der Waals surface area contributed by atoms with Gasteiger partial charge < -0.3 is 9.68 Å². The molecule has 356 valence electrons. The molecular formula is C49H52F4N10O3S2. The van der Waals surface area contributed by atoms with E-state index in [-0.39, 0.29) is 41.6 Å². The number of Topliss-reactive ketones (excluding diaryl/α,β-unsaturated/α-hetero) is 1. The highest BCUT2D eigenvalue weighted by molar-refractivity contribution is 7.10. The van der Waals surface area contributed by atoms with Gasteiger partial charge in [-0.05, 0) is 116 Å². The van der Waals surface area contributed by atoms with Crippen LogP contribution in [0, 0.1) is 51.0 Å². The van der Waals surface area contributed by atoms with Crippen LogP contribution in [-0.2, 0) is 27.6 Å². The molecule has 6 aromatic rings. The van der Waals surface area contributed by atoms with Gasteiger partial charge in [0.15, 0.2) is 18.0 Å². The Morgan fingerprint density at radius 2 is 1.01 bits per heavy atom. The average molecular weight is 969 g/mol. The second-order valence-electron chi connectivity index (χ2n) is 18.4. The zero-order valence-electron chi connectivity index (χ0n) is 38.2. The molecule has 0 saturated carbocycles. The Morgan fingerprint density at radius 3 is 1.37 bits per heavy atom. The van der Waals surface area contributed by atoms with Crippen molar-refractivity contribution in [1.82, 2.24) is 39.3 Å². The number of oxime groups is 2. The molecule has 0 spiro atoms. The zero-order chi connectivity index (χ0) is 47.2. The number of likely N-dealkylation sites (tertiary alicyclic amines) is 2. The largest absolute Gasteiger partial charge is 0.387 e. The molecule has 4 aromatic heterocycles. The second-order valence-corrected chi connectivity index (χ2v) is 20.1. The van der Waals surface area contributed by atoms with Gasteiger partial charge in [0.2, 0.25) is 0 Å². The topological polar surface area (TPSA) is 128 Å². The molecule has 19 heteroatoms. The van der Waals surface area contributed by atoms with E-state index in [0.717, 1.165) is 58.5 Å². The lowest BCUT2D eigenvalue weighted by Gasteiger charge is -2.41. The van der Waals surface area contributed by atoms with Gasteiger partial charge in [-0.15, -0.1) is 22.7 Å². The number of benzene rings is 2. The normalized spacial score (nSPS) is 20.6. The van der Waals surface area contributed by atoms with Gasteiger partial charge >= 0.3 is 0 Å². The van der Waals surface area contributed by atoms with E-state index in [1.54, 1.807) is 22.7 Å². The van der Waals surface area contributed by atoms with E-state index >= 15 is 4.79 Å². The van der Waals surface area contributed by atoms with Crippen LogP contribution in [0.25, 0.3) is 0 Å². The molecule has 2 saturated heterocycles. The average Bonchev–Trinajstić information content (AvgIpc) is 4.19. The molecule has 10 rings (SSSR count). The highest BCUT2D eigenvalue weighted by Gasteiger charge is 2.40. The number of carbonyl (C=O) groups excluding carboxylic acids is 1. The highest BCUT2D eigenvalue weighted by Crippen LogP contribution is 2.38. The molecular weight excluding hydrogens is 917 g/mol. The first-order valence-corrected chi connectivity index (χ1v) is 24.9. The standard InChI is InChI=1S/C49H52F4N10O3S2/c1-27-19-29(3)62(56-27)23-41(60-15-11-31(12-16-60)48-54-39(25-67-48)37-21-43(65-58-37)45-33(50)7-5-8-34(45)51)47(64)42(24-63-30(4)20-28(2)57-63)61-17-13-32(14-18-61)49-55-40(26-68-49)38-22-44(66-59-38)46-35(52)9-6-10-36(46)53/h5-10,19-20,25-26,31-32,41-44H,11-18,21-24H2,1-4H3/t41?,42?,43-,44-/m1/s1. The van der Waals surface area contributed by atoms with Crippen LogP contribution in [-0.4, -0.2) is 94.8 Å². The zero-order valence-corrected chi connectivity index (χ0v) is 39.9. The number of nitrogens with zero attached hydrogens (tertiary/aromatic N) is 10. The molecule has 4 aliphatic rings. The Kier molecular flexibility index (Phi) is 13.2. The summed E-state index contributed by atoms with van der Waals surface area (Å²) >= 11 is 3.10. The fraction of sp³-hybridized carbons (Fsp3) is 0.449. The number of piperidine rings is 2. The quantitative estimate of drug-likeness (QED) is 0.0982. The van der Waals surface area contributed by atoms with Gasteiger partial charge in [-0.25, -0.2) is 27.5 Å². The predicted octanol–water partition coefficient (Wildman–Crippen LogP) is 9.28. The highest BCUT2D eigenvalue weighted by atomic mass is 32.1. The summed E-state index contributed by atoms with van der Waals surface area (Å²) in [6.07, 6.45) is 1.90. The summed E-state index contributed by atoms with van der Waals surface area (Å²) < 4.78 is 62.1. The fourth-order valence-electron chi connectivity index (χ4n) is 10.2. The van der Waals surface area contributed by atoms with Crippen molar-refractivity contribution in [3.8, 4) is 0 Å². The van der Waals surface area contributed by atoms with Gasteiger partial charge in [0.05, 0.1) is 69.1 Å². The lowest BCUT2D eigenvalue weighted by Crippen LogP contribution is -2.57. The second kappa shape index (κ2) is 19.4. The summed E-state index contributed by atoms with van der Waals surface area (Å²) in [6.45, 7) is 11.5. The molecule has 0 amide bonds. The van der Waals surface area contributed by atoms with E-state index in [0.29, 0.717) is 62.1 Å². The first-order chi connectivity index (χ1) is 32.9. The number of hydrogen-bond donors (Lipinski definition) is 0. The van der Waals surface area contributed by atoms with Crippen molar-refractivity contribution >= 4 is 39.9 Å². The number of ketones is 1. The van der Waals surface area contributed by atoms with Crippen LogP contribution in [0.3, 0.4) is 0 Å². The molecule has 2 fully saturated rings. The van der Waals surface area contributed by atoms with Crippen LogP contribution in [0.1, 0.15) is 118 Å². The Bertz CT molecular complexity index is 2650. The molecule has 4 aliphatic heterocycles. The minimum absolute atomic E-state index is 0.128. The summed E-state index contributed by atoms with van der Waals surface area (Å²) in [5, 5.41) is 23.8. The molecule has 8 heterocycles. The van der Waals surface area contributed by atoms with Gasteiger partial charge in [0, 0.05) is 46.8 Å². The van der Waals surface area contributed by atoms with Gasteiger partial charge in [0.25, 0.3) is 0 Å². The molecule has 13 nitrogen and oxygen atoms in total. The van der Waals surface area contributed by atoms with Crippen LogP contribution in [0.2, 0.25) is 0 Å². The smallest absolute Gasteiger partial charge is 0.170 e. The van der Waals surface area contributed by atoms with Crippen LogP contribution in [0.5, 0.6) is 0 Å². The van der Waals surface area contributed by atoms with Crippen molar-refractivity contribution in [2.75, 3.05) is 26.2 Å². The maximum Gasteiger partial charge on any atom is 0.170 e. The molecule has 4 atom stereocenters. The summed E-state index contributed by atoms with van der Waals surface area (Å²) in [5.41, 5.74) is 5.95. The Labute approximate surface area is 399 Å².